The van der Waals surface area contributed by atoms with Gasteiger partial charge in [-0.2, -0.15) is 0 Å². The fraction of sp³-hybridized carbons (Fsp3) is 0.524. The molecule has 0 spiro atoms. The minimum atomic E-state index is 0.0556. The number of rotatable bonds is 3. The van der Waals surface area contributed by atoms with Crippen LogP contribution in [0.2, 0.25) is 0 Å². The summed E-state index contributed by atoms with van der Waals surface area (Å²) in [5.74, 6) is 2.04. The number of nitrogens with zero attached hydrogens (tertiary/aromatic N) is 5. The number of aryl methyl sites for hydroxylation is 2. The van der Waals surface area contributed by atoms with E-state index in [0.29, 0.717) is 12.1 Å². The minimum absolute atomic E-state index is 0.0556. The van der Waals surface area contributed by atoms with Crippen LogP contribution >= 0.6 is 0 Å². The molecule has 148 valence electrons. The van der Waals surface area contributed by atoms with Crippen LogP contribution in [0.5, 0.6) is 0 Å². The van der Waals surface area contributed by atoms with Gasteiger partial charge in [0.15, 0.2) is 0 Å². The van der Waals surface area contributed by atoms with Gasteiger partial charge in [0.25, 0.3) is 5.91 Å². The Hall–Kier alpha value is -2.54. The number of pyridine rings is 1. The predicted octanol–water partition coefficient (Wildman–Crippen LogP) is 2.34. The van der Waals surface area contributed by atoms with Crippen molar-refractivity contribution in [3.8, 4) is 0 Å². The molecular weight excluding hydrogens is 354 g/mol. The molecule has 7 heteroatoms. The van der Waals surface area contributed by atoms with Gasteiger partial charge in [0, 0.05) is 50.6 Å². The molecule has 0 N–H and O–H groups in total. The third-order valence-corrected chi connectivity index (χ3v) is 5.43. The lowest BCUT2D eigenvalue weighted by Crippen LogP contribution is -2.40. The Balaban J connectivity index is 1.52. The van der Waals surface area contributed by atoms with Gasteiger partial charge in [0.2, 0.25) is 0 Å². The van der Waals surface area contributed by atoms with Gasteiger partial charge in [-0.3, -0.25) is 9.78 Å². The van der Waals surface area contributed by atoms with Crippen LogP contribution in [0.3, 0.4) is 0 Å². The van der Waals surface area contributed by atoms with Crippen LogP contribution in [-0.2, 0) is 4.74 Å². The smallest absolute Gasteiger partial charge is 0.255 e. The number of ether oxygens (including phenoxy) is 1. The number of anilines is 1. The third kappa shape index (κ3) is 4.14. The summed E-state index contributed by atoms with van der Waals surface area (Å²) in [7, 11) is 0. The molecule has 1 amide bonds. The fourth-order valence-corrected chi connectivity index (χ4v) is 4.00. The van der Waals surface area contributed by atoms with Crippen LogP contribution in [-0.4, -0.2) is 65.2 Å². The number of carbonyl (C=O) groups is 1. The molecule has 2 aliphatic heterocycles. The molecule has 7 nitrogen and oxygen atoms in total. The fourth-order valence-electron chi connectivity index (χ4n) is 4.00. The van der Waals surface area contributed by atoms with E-state index in [1.807, 2.05) is 24.8 Å². The molecule has 0 bridgehead atoms. The molecule has 1 unspecified atom stereocenters. The van der Waals surface area contributed by atoms with Crippen LogP contribution in [0, 0.1) is 13.8 Å². The van der Waals surface area contributed by atoms with Crippen molar-refractivity contribution < 1.29 is 9.53 Å². The first kappa shape index (κ1) is 18.8. The van der Waals surface area contributed by atoms with E-state index in [1.54, 1.807) is 12.4 Å². The molecule has 4 rings (SSSR count). The molecule has 2 saturated heterocycles. The average Bonchev–Trinajstić information content (AvgIpc) is 2.73. The van der Waals surface area contributed by atoms with Crippen molar-refractivity contribution in [3.05, 3.63) is 47.2 Å². The largest absolute Gasteiger partial charge is 0.378 e. The van der Waals surface area contributed by atoms with Crippen molar-refractivity contribution in [3.63, 3.8) is 0 Å². The maximum Gasteiger partial charge on any atom is 0.255 e. The van der Waals surface area contributed by atoms with Gasteiger partial charge in [-0.15, -0.1) is 0 Å². The number of aromatic nitrogens is 3. The van der Waals surface area contributed by atoms with Crippen molar-refractivity contribution in [2.75, 3.05) is 44.3 Å². The number of amides is 1. The van der Waals surface area contributed by atoms with Gasteiger partial charge >= 0.3 is 0 Å². The van der Waals surface area contributed by atoms with Crippen LogP contribution in [0.15, 0.2) is 24.5 Å². The molecule has 1 atom stereocenters. The first-order valence-electron chi connectivity index (χ1n) is 9.99. The van der Waals surface area contributed by atoms with E-state index in [-0.39, 0.29) is 11.8 Å². The van der Waals surface area contributed by atoms with Crippen molar-refractivity contribution in [1.82, 2.24) is 19.9 Å². The molecule has 0 saturated carbocycles. The highest BCUT2D eigenvalue weighted by Gasteiger charge is 2.27. The Kier molecular flexibility index (Phi) is 5.52. The Labute approximate surface area is 165 Å². The Morgan fingerprint density at radius 3 is 2.71 bits per heavy atom. The zero-order valence-corrected chi connectivity index (χ0v) is 16.6. The van der Waals surface area contributed by atoms with Crippen LogP contribution in [0.4, 0.5) is 5.82 Å². The summed E-state index contributed by atoms with van der Waals surface area (Å²) < 4.78 is 5.45. The second kappa shape index (κ2) is 8.22. The number of morpholine rings is 1. The Bertz CT molecular complexity index is 850. The molecular formula is C21H27N5O2. The van der Waals surface area contributed by atoms with Crippen molar-refractivity contribution in [2.24, 2.45) is 0 Å². The molecule has 0 radical (unpaired) electrons. The standard InChI is InChI=1S/C21H27N5O2/c1-15-10-18(13-22-12-15)21(27)26-5-3-4-17(14-26)19-11-20(24-16(2)23-19)25-6-8-28-9-7-25/h10-13,17H,3-9,14H2,1-2H3. The molecule has 0 aliphatic carbocycles. The van der Waals surface area contributed by atoms with E-state index in [1.165, 1.54) is 0 Å². The highest BCUT2D eigenvalue weighted by Crippen LogP contribution is 2.28. The second-order valence-corrected chi connectivity index (χ2v) is 7.64. The Morgan fingerprint density at radius 1 is 1.11 bits per heavy atom. The van der Waals surface area contributed by atoms with Crippen molar-refractivity contribution >= 4 is 11.7 Å². The highest BCUT2D eigenvalue weighted by molar-refractivity contribution is 5.94. The molecule has 2 aliphatic rings. The van der Waals surface area contributed by atoms with Gasteiger partial charge in [0.05, 0.1) is 24.5 Å². The number of hydrogen-bond acceptors (Lipinski definition) is 6. The van der Waals surface area contributed by atoms with E-state index in [9.17, 15) is 4.79 Å². The minimum Gasteiger partial charge on any atom is -0.378 e. The molecule has 4 heterocycles. The van der Waals surface area contributed by atoms with Crippen LogP contribution in [0.25, 0.3) is 0 Å². The number of carbonyl (C=O) groups excluding carboxylic acids is 1. The van der Waals surface area contributed by atoms with E-state index in [0.717, 1.165) is 68.6 Å². The first-order chi connectivity index (χ1) is 13.6. The molecule has 2 fully saturated rings. The molecule has 0 aromatic carbocycles. The highest BCUT2D eigenvalue weighted by atomic mass is 16.5. The average molecular weight is 381 g/mol. The lowest BCUT2D eigenvalue weighted by molar-refractivity contribution is 0.0705. The summed E-state index contributed by atoms with van der Waals surface area (Å²) >= 11 is 0. The summed E-state index contributed by atoms with van der Waals surface area (Å²) in [6.07, 6.45) is 5.44. The lowest BCUT2D eigenvalue weighted by Gasteiger charge is -2.33. The quantitative estimate of drug-likeness (QED) is 0.813. The van der Waals surface area contributed by atoms with Crippen molar-refractivity contribution in [2.45, 2.75) is 32.6 Å². The van der Waals surface area contributed by atoms with Crippen LogP contribution < -0.4 is 4.90 Å². The molecule has 2 aromatic rings. The predicted molar refractivity (Wildman–Crippen MR) is 107 cm³/mol. The summed E-state index contributed by atoms with van der Waals surface area (Å²) in [6.45, 7) is 8.53. The Morgan fingerprint density at radius 2 is 1.93 bits per heavy atom. The van der Waals surface area contributed by atoms with E-state index in [2.05, 4.69) is 20.9 Å². The summed E-state index contributed by atoms with van der Waals surface area (Å²) in [5, 5.41) is 0. The van der Waals surface area contributed by atoms with Gasteiger partial charge in [-0.05, 0) is 38.3 Å². The monoisotopic (exact) mass is 381 g/mol. The van der Waals surface area contributed by atoms with E-state index < -0.39 is 0 Å². The lowest BCUT2D eigenvalue weighted by atomic mass is 9.93. The summed E-state index contributed by atoms with van der Waals surface area (Å²) in [4.78, 5) is 30.7. The van der Waals surface area contributed by atoms with E-state index >= 15 is 0 Å². The number of piperidine rings is 1. The normalized spacial score (nSPS) is 20.3. The first-order valence-corrected chi connectivity index (χ1v) is 9.99. The molecule has 2 aromatic heterocycles. The molecule has 28 heavy (non-hydrogen) atoms. The summed E-state index contributed by atoms with van der Waals surface area (Å²) in [5.41, 5.74) is 2.70. The van der Waals surface area contributed by atoms with Gasteiger partial charge in [-0.1, -0.05) is 0 Å². The van der Waals surface area contributed by atoms with Crippen LogP contribution in [0.1, 0.15) is 46.2 Å². The number of hydrogen-bond donors (Lipinski definition) is 0. The van der Waals surface area contributed by atoms with Gasteiger partial charge < -0.3 is 14.5 Å². The number of likely N-dealkylation sites (tertiary alicyclic amines) is 1. The SMILES string of the molecule is Cc1cncc(C(=O)N2CCCC(c3cc(N4CCOCC4)nc(C)n3)C2)c1. The zero-order chi connectivity index (χ0) is 19.5. The zero-order valence-electron chi connectivity index (χ0n) is 16.6. The van der Waals surface area contributed by atoms with Gasteiger partial charge in [0.1, 0.15) is 11.6 Å². The third-order valence-electron chi connectivity index (χ3n) is 5.43. The maximum absolute atomic E-state index is 12.9. The van der Waals surface area contributed by atoms with Crippen molar-refractivity contribution in [1.29, 1.82) is 0 Å². The van der Waals surface area contributed by atoms with Gasteiger partial charge in [-0.25, -0.2) is 9.97 Å². The van der Waals surface area contributed by atoms with E-state index in [4.69, 9.17) is 9.72 Å². The topological polar surface area (TPSA) is 71.5 Å². The summed E-state index contributed by atoms with van der Waals surface area (Å²) in [6, 6.07) is 4.01. The second-order valence-electron chi connectivity index (χ2n) is 7.64. The maximum atomic E-state index is 12.9.